The summed E-state index contributed by atoms with van der Waals surface area (Å²) in [5, 5.41) is 7.17. The van der Waals surface area contributed by atoms with E-state index in [1.54, 1.807) is 6.92 Å². The van der Waals surface area contributed by atoms with E-state index in [0.29, 0.717) is 12.5 Å². The number of hydrogen-bond acceptors (Lipinski definition) is 5. The number of aromatic nitrogens is 2. The molecular weight excluding hydrogens is 593 g/mol. The quantitative estimate of drug-likeness (QED) is 0.281. The van der Waals surface area contributed by atoms with Crippen molar-refractivity contribution in [2.45, 2.75) is 85.6 Å². The molecule has 1 N–H and O–H groups in total. The van der Waals surface area contributed by atoms with Crippen molar-refractivity contribution in [1.29, 1.82) is 0 Å². The molecule has 0 radical (unpaired) electrons. The molecule has 1 amide bonds. The lowest BCUT2D eigenvalue weighted by atomic mass is 9.81. The van der Waals surface area contributed by atoms with Gasteiger partial charge in [0, 0.05) is 18.7 Å². The van der Waals surface area contributed by atoms with E-state index in [2.05, 4.69) is 17.3 Å². The van der Waals surface area contributed by atoms with Gasteiger partial charge >= 0.3 is 24.4 Å². The molecule has 1 fully saturated rings. The maximum Gasteiger partial charge on any atom is 0.394 e. The zero-order chi connectivity index (χ0) is 31.0. The zero-order valence-electron chi connectivity index (χ0n) is 23.3. The van der Waals surface area contributed by atoms with Gasteiger partial charge in [0.2, 0.25) is 0 Å². The molecule has 1 aromatic heterocycles. The lowest BCUT2D eigenvalue weighted by Crippen LogP contribution is -2.34. The molecule has 3 rings (SSSR count). The van der Waals surface area contributed by atoms with Gasteiger partial charge in [-0.2, -0.15) is 35.5 Å². The zero-order valence-corrected chi connectivity index (χ0v) is 24.9. The van der Waals surface area contributed by atoms with Crippen LogP contribution in [0.15, 0.2) is 18.2 Å². The molecule has 0 unspecified atom stereocenters. The van der Waals surface area contributed by atoms with E-state index < -0.39 is 42.1 Å². The van der Waals surface area contributed by atoms with Gasteiger partial charge in [-0.05, 0) is 55.7 Å². The van der Waals surface area contributed by atoms with Gasteiger partial charge in [0.05, 0.1) is 16.1 Å². The minimum absolute atomic E-state index is 0.0403. The Hall–Kier alpha value is -2.54. The van der Waals surface area contributed by atoms with Crippen LogP contribution >= 0.6 is 11.6 Å². The highest BCUT2D eigenvalue weighted by Gasteiger charge is 2.47. The lowest BCUT2D eigenvalue weighted by molar-refractivity contribution is -0.211. The average molecular weight is 628 g/mol. The van der Waals surface area contributed by atoms with Gasteiger partial charge in [-0.3, -0.25) is 9.48 Å². The average Bonchev–Trinajstić information content (AvgIpc) is 3.23. The third-order valence-electron chi connectivity index (χ3n) is 7.43. The Balaban J connectivity index is 0.00000187. The van der Waals surface area contributed by atoms with Crippen LogP contribution in [0.3, 0.4) is 0 Å². The van der Waals surface area contributed by atoms with Gasteiger partial charge in [-0.15, -0.1) is 0 Å². The standard InChI is InChI=1S/C27H35ClF5N3O2.O2S/c1-5-16-7-9-17(10-8-16)15-34-24(37)22-21(28)23(36(6-2)35-22)19-12-11-18(13-20(19)38-25(29)30)14-26(3,4)27(31,32)33;1-3-2/h11-13,16-17,25H,5-10,14-15H2,1-4H3,(H,34,37);. The minimum atomic E-state index is -4.49. The summed E-state index contributed by atoms with van der Waals surface area (Å²) in [6, 6.07) is 3.95. The van der Waals surface area contributed by atoms with E-state index in [1.807, 2.05) is 0 Å². The van der Waals surface area contributed by atoms with Gasteiger partial charge in [-0.1, -0.05) is 57.7 Å². The highest BCUT2D eigenvalue weighted by molar-refractivity contribution is 7.51. The number of halogens is 6. The van der Waals surface area contributed by atoms with Crippen molar-refractivity contribution in [2.75, 3.05) is 6.54 Å². The van der Waals surface area contributed by atoms with Gasteiger partial charge < -0.3 is 10.1 Å². The largest absolute Gasteiger partial charge is 0.434 e. The van der Waals surface area contributed by atoms with Crippen LogP contribution in [0, 0.1) is 17.3 Å². The molecular formula is C27H35ClF5N3O4S. The summed E-state index contributed by atoms with van der Waals surface area (Å²) in [6.07, 6.45) is 0.567. The maximum absolute atomic E-state index is 13.4. The second kappa shape index (κ2) is 15.1. The molecule has 1 saturated carbocycles. The van der Waals surface area contributed by atoms with Crippen LogP contribution in [-0.4, -0.2) is 43.4 Å². The van der Waals surface area contributed by atoms with Crippen LogP contribution in [0.4, 0.5) is 22.0 Å². The summed E-state index contributed by atoms with van der Waals surface area (Å²) >= 11 is 5.83. The molecule has 0 spiro atoms. The summed E-state index contributed by atoms with van der Waals surface area (Å²) in [5.41, 5.74) is -1.67. The molecule has 0 aliphatic heterocycles. The molecule has 1 aliphatic carbocycles. The Morgan fingerprint density at radius 3 is 2.24 bits per heavy atom. The third kappa shape index (κ3) is 9.22. The first-order chi connectivity index (χ1) is 19.2. The smallest absolute Gasteiger partial charge is 0.394 e. The molecule has 1 aromatic carbocycles. The van der Waals surface area contributed by atoms with Gasteiger partial charge in [0.25, 0.3) is 5.91 Å². The van der Waals surface area contributed by atoms with E-state index >= 15 is 0 Å². The fraction of sp³-hybridized carbons (Fsp3) is 0.630. The topological polar surface area (TPSA) is 90.3 Å². The van der Waals surface area contributed by atoms with E-state index in [1.165, 1.54) is 16.8 Å². The second-order valence-corrected chi connectivity index (χ2v) is 11.2. The van der Waals surface area contributed by atoms with Gasteiger partial charge in [0.15, 0.2) is 5.69 Å². The Morgan fingerprint density at radius 1 is 1.15 bits per heavy atom. The van der Waals surface area contributed by atoms with Crippen molar-refractivity contribution in [3.8, 4) is 17.0 Å². The number of alkyl halides is 5. The summed E-state index contributed by atoms with van der Waals surface area (Å²) in [7, 11) is 0. The van der Waals surface area contributed by atoms with E-state index in [0.717, 1.165) is 57.9 Å². The second-order valence-electron chi connectivity index (χ2n) is 10.7. The monoisotopic (exact) mass is 627 g/mol. The fourth-order valence-corrected chi connectivity index (χ4v) is 5.24. The van der Waals surface area contributed by atoms with Crippen molar-refractivity contribution in [1.82, 2.24) is 15.1 Å². The van der Waals surface area contributed by atoms with Gasteiger partial charge in [0.1, 0.15) is 5.75 Å². The highest BCUT2D eigenvalue weighted by Crippen LogP contribution is 2.43. The first-order valence-electron chi connectivity index (χ1n) is 13.3. The Bertz CT molecular complexity index is 1210. The number of carbonyl (C=O) groups excluding carboxylic acids is 1. The van der Waals surface area contributed by atoms with Crippen LogP contribution in [0.1, 0.15) is 75.9 Å². The Labute approximate surface area is 244 Å². The number of nitrogens with zero attached hydrogens (tertiary/aromatic N) is 2. The lowest BCUT2D eigenvalue weighted by Gasteiger charge is -2.28. The van der Waals surface area contributed by atoms with E-state index in [4.69, 9.17) is 24.8 Å². The summed E-state index contributed by atoms with van der Waals surface area (Å²) < 4.78 is 89.5. The van der Waals surface area contributed by atoms with Crippen LogP contribution in [0.25, 0.3) is 11.3 Å². The SMILES string of the molecule is CCC1CCC(CNC(=O)c2nn(CC)c(-c3ccc(CC(C)(C)C(F)(F)F)cc3OC(F)F)c2Cl)CC1.O=S=O. The molecule has 2 aromatic rings. The van der Waals surface area contributed by atoms with Crippen LogP contribution < -0.4 is 10.1 Å². The molecule has 0 bridgehead atoms. The van der Waals surface area contributed by atoms with Crippen LogP contribution in [-0.2, 0) is 24.5 Å². The third-order valence-corrected chi connectivity index (χ3v) is 7.79. The first kappa shape index (κ1) is 34.7. The highest BCUT2D eigenvalue weighted by atomic mass is 35.5. The van der Waals surface area contributed by atoms with Crippen molar-refractivity contribution in [3.05, 3.63) is 34.5 Å². The number of hydrogen-bond donors (Lipinski definition) is 1. The van der Waals surface area contributed by atoms with Crippen LogP contribution in [0.5, 0.6) is 5.75 Å². The predicted molar refractivity (Wildman–Crippen MR) is 146 cm³/mol. The van der Waals surface area contributed by atoms with Crippen molar-refractivity contribution in [3.63, 3.8) is 0 Å². The number of aryl methyl sites for hydroxylation is 1. The molecule has 0 saturated heterocycles. The van der Waals surface area contributed by atoms with Crippen molar-refractivity contribution < 1.29 is 39.9 Å². The van der Waals surface area contributed by atoms with E-state index in [-0.39, 0.29) is 39.8 Å². The number of carbonyl (C=O) groups is 1. The Morgan fingerprint density at radius 2 is 1.73 bits per heavy atom. The number of ether oxygens (including phenoxy) is 1. The van der Waals surface area contributed by atoms with Crippen molar-refractivity contribution >= 4 is 29.1 Å². The van der Waals surface area contributed by atoms with Crippen molar-refractivity contribution in [2.24, 2.45) is 17.3 Å². The van der Waals surface area contributed by atoms with Crippen LogP contribution in [0.2, 0.25) is 5.02 Å². The summed E-state index contributed by atoms with van der Waals surface area (Å²) in [5.74, 6) is 0.287. The number of rotatable bonds is 10. The molecule has 230 valence electrons. The molecule has 7 nitrogen and oxygen atoms in total. The first-order valence-corrected chi connectivity index (χ1v) is 14.3. The van der Waals surface area contributed by atoms with Gasteiger partial charge in [-0.25, -0.2) is 0 Å². The summed E-state index contributed by atoms with van der Waals surface area (Å²) in [6.45, 7) is 3.54. The molecule has 1 aliphatic rings. The maximum atomic E-state index is 13.4. The fourth-order valence-electron chi connectivity index (χ4n) is 4.91. The number of nitrogens with one attached hydrogen (secondary N) is 1. The predicted octanol–water partition coefficient (Wildman–Crippen LogP) is 7.23. The molecule has 41 heavy (non-hydrogen) atoms. The Kier molecular flexibility index (Phi) is 12.8. The van der Waals surface area contributed by atoms with E-state index in [9.17, 15) is 26.7 Å². The number of amides is 1. The minimum Gasteiger partial charge on any atom is -0.434 e. The molecule has 1 heterocycles. The molecule has 14 heteroatoms. The normalized spacial score (nSPS) is 17.5. The number of benzene rings is 1. The summed E-state index contributed by atoms with van der Waals surface area (Å²) in [4.78, 5) is 13.0. The molecule has 0 atom stereocenters.